The third kappa shape index (κ3) is 5.63. The third-order valence-electron chi connectivity index (χ3n) is 13.8. The third-order valence-corrected chi connectivity index (χ3v) is 13.8. The molecule has 1 aromatic heterocycles. The molecule has 2 aliphatic carbocycles. The summed E-state index contributed by atoms with van der Waals surface area (Å²) in [6.45, 7) is 0. The number of rotatable bonds is 6. The maximum atomic E-state index is 2.46. The van der Waals surface area contributed by atoms with Crippen LogP contribution in [0.5, 0.6) is 0 Å². The normalized spacial score (nSPS) is 13.8. The molecule has 0 saturated carbocycles. The molecule has 1 heterocycles. The largest absolute Gasteiger partial charge is 0.309 e. The molecule has 11 aromatic rings. The van der Waals surface area contributed by atoms with Crippen molar-refractivity contribution in [2.24, 2.45) is 0 Å². The quantitative estimate of drug-likeness (QED) is 0.158. The lowest BCUT2D eigenvalue weighted by molar-refractivity contribution is 1.01. The van der Waals surface area contributed by atoms with E-state index in [2.05, 4.69) is 241 Å². The highest BCUT2D eigenvalue weighted by molar-refractivity contribution is 6.09. The molecule has 10 aromatic carbocycles. The Labute approximate surface area is 367 Å². The molecule has 0 unspecified atom stereocenters. The highest BCUT2D eigenvalue weighted by atomic mass is 15.0. The molecule has 0 bridgehead atoms. The zero-order valence-electron chi connectivity index (χ0n) is 34.6. The monoisotopic (exact) mass is 799 g/mol. The summed E-state index contributed by atoms with van der Waals surface area (Å²) in [6.07, 6.45) is 0. The molecule has 0 aliphatic heterocycles. The van der Waals surface area contributed by atoms with Crippen molar-refractivity contribution < 1.29 is 0 Å². The average Bonchev–Trinajstić information content (AvgIpc) is 4.00. The van der Waals surface area contributed by atoms with Gasteiger partial charge in [0.2, 0.25) is 0 Å². The summed E-state index contributed by atoms with van der Waals surface area (Å²) < 4.78 is 2.44. The van der Waals surface area contributed by atoms with E-state index in [1.165, 1.54) is 117 Å². The van der Waals surface area contributed by atoms with E-state index in [1.807, 2.05) is 0 Å². The topological polar surface area (TPSA) is 4.93 Å². The second-order valence-electron chi connectivity index (χ2n) is 17.1. The van der Waals surface area contributed by atoms with Gasteiger partial charge in [0.1, 0.15) is 0 Å². The van der Waals surface area contributed by atoms with Gasteiger partial charge in [0.15, 0.2) is 0 Å². The lowest BCUT2D eigenvalue weighted by Gasteiger charge is -2.22. The zero-order valence-corrected chi connectivity index (χ0v) is 34.6. The lowest BCUT2D eigenvalue weighted by atomic mass is 9.82. The summed E-state index contributed by atoms with van der Waals surface area (Å²) in [5.74, 6) is 0.219. The van der Waals surface area contributed by atoms with Gasteiger partial charge in [-0.2, -0.15) is 0 Å². The molecule has 13 rings (SSSR count). The molecule has 0 radical (unpaired) electrons. The first-order valence-corrected chi connectivity index (χ1v) is 22.1. The molecule has 1 heteroatoms. The zero-order chi connectivity index (χ0) is 41.4. The number of fused-ring (bicyclic) bond motifs is 9. The molecule has 0 saturated heterocycles. The van der Waals surface area contributed by atoms with Crippen LogP contribution in [0.3, 0.4) is 0 Å². The van der Waals surface area contributed by atoms with Crippen LogP contribution in [0.1, 0.15) is 45.2 Å². The predicted molar refractivity (Wildman–Crippen MR) is 263 cm³/mol. The van der Waals surface area contributed by atoms with Gasteiger partial charge in [-0.1, -0.05) is 200 Å². The number of hydrogen-bond donors (Lipinski definition) is 0. The van der Waals surface area contributed by atoms with E-state index >= 15 is 0 Å². The van der Waals surface area contributed by atoms with Crippen molar-refractivity contribution in [1.29, 1.82) is 0 Å². The highest BCUT2D eigenvalue weighted by Crippen LogP contribution is 2.53. The molecular formula is C62H41N. The van der Waals surface area contributed by atoms with Crippen molar-refractivity contribution in [3.63, 3.8) is 0 Å². The van der Waals surface area contributed by atoms with E-state index in [-0.39, 0.29) is 11.8 Å². The summed E-state index contributed by atoms with van der Waals surface area (Å²) in [5.41, 5.74) is 24.3. The lowest BCUT2D eigenvalue weighted by Crippen LogP contribution is -2.03. The smallest absolute Gasteiger partial charge is 0.0541 e. The molecule has 63 heavy (non-hydrogen) atoms. The van der Waals surface area contributed by atoms with Crippen molar-refractivity contribution in [2.75, 3.05) is 0 Å². The Hall–Kier alpha value is -8.00. The highest BCUT2D eigenvalue weighted by Gasteiger charge is 2.33. The van der Waals surface area contributed by atoms with Crippen LogP contribution in [0.4, 0.5) is 0 Å². The second-order valence-corrected chi connectivity index (χ2v) is 17.1. The standard InChI is InChI=1S/C62H41N/c1-3-17-40(18-4-1)43-35-44(37-45(36-43)61-52-26-10-7-21-47(52)48-22-8-11-27-53(48)61)42-31-33-55(57(38-42)41-19-5-2-6-20-41)62-54-28-12-9-23-49(54)58-39-46(32-34-56(58)62)63-59-29-15-13-24-50(59)51-25-14-16-30-60(51)63/h1-39,61-62H/t62-/m0/s1. The van der Waals surface area contributed by atoms with Crippen molar-refractivity contribution in [3.8, 4) is 61.3 Å². The maximum absolute atomic E-state index is 2.46. The SMILES string of the molecule is c1ccc(-c2cc(-c3ccc([C@@H]4c5ccccc5-c5cc(-n6c7ccccc7c7ccccc76)ccc54)c(-c4ccccc4)c3)cc(C3c4ccccc4-c4ccccc43)c2)cc1. The Morgan fingerprint density at radius 1 is 0.254 bits per heavy atom. The van der Waals surface area contributed by atoms with Gasteiger partial charge in [-0.25, -0.2) is 0 Å². The van der Waals surface area contributed by atoms with Crippen LogP contribution >= 0.6 is 0 Å². The van der Waals surface area contributed by atoms with Crippen molar-refractivity contribution >= 4 is 21.8 Å². The van der Waals surface area contributed by atoms with Gasteiger partial charge < -0.3 is 4.57 Å². The summed E-state index contributed by atoms with van der Waals surface area (Å²) >= 11 is 0. The number of nitrogens with zero attached hydrogens (tertiary/aromatic N) is 1. The predicted octanol–water partition coefficient (Wildman–Crippen LogP) is 16.1. The Kier molecular flexibility index (Phi) is 8.11. The Balaban J connectivity index is 0.992. The number of aromatic nitrogens is 1. The van der Waals surface area contributed by atoms with E-state index in [9.17, 15) is 0 Å². The minimum absolute atomic E-state index is 0.0744. The fourth-order valence-corrected chi connectivity index (χ4v) is 11.0. The minimum Gasteiger partial charge on any atom is -0.309 e. The molecule has 2 aliphatic rings. The molecule has 1 nitrogen and oxygen atoms in total. The van der Waals surface area contributed by atoms with Crippen LogP contribution in [-0.2, 0) is 0 Å². The van der Waals surface area contributed by atoms with Gasteiger partial charge in [0.05, 0.1) is 11.0 Å². The van der Waals surface area contributed by atoms with Gasteiger partial charge in [-0.15, -0.1) is 0 Å². The van der Waals surface area contributed by atoms with Crippen LogP contribution < -0.4 is 0 Å². The van der Waals surface area contributed by atoms with E-state index in [0.29, 0.717) is 0 Å². The van der Waals surface area contributed by atoms with Crippen molar-refractivity contribution in [2.45, 2.75) is 11.8 Å². The van der Waals surface area contributed by atoms with Crippen LogP contribution in [-0.4, -0.2) is 4.57 Å². The molecule has 0 fully saturated rings. The Morgan fingerprint density at radius 3 is 1.35 bits per heavy atom. The van der Waals surface area contributed by atoms with Gasteiger partial charge in [0.25, 0.3) is 0 Å². The molecule has 1 atom stereocenters. The number of para-hydroxylation sites is 2. The van der Waals surface area contributed by atoms with E-state index in [0.717, 1.165) is 0 Å². The first-order chi connectivity index (χ1) is 31.3. The fourth-order valence-electron chi connectivity index (χ4n) is 11.0. The van der Waals surface area contributed by atoms with Crippen LogP contribution in [0, 0.1) is 0 Å². The van der Waals surface area contributed by atoms with E-state index < -0.39 is 0 Å². The number of benzene rings is 10. The van der Waals surface area contributed by atoms with Gasteiger partial charge in [-0.3, -0.25) is 0 Å². The van der Waals surface area contributed by atoms with Crippen molar-refractivity contribution in [1.82, 2.24) is 4.57 Å². The van der Waals surface area contributed by atoms with Crippen molar-refractivity contribution in [3.05, 3.63) is 270 Å². The van der Waals surface area contributed by atoms with Gasteiger partial charge in [0, 0.05) is 28.3 Å². The summed E-state index contributed by atoms with van der Waals surface area (Å²) in [7, 11) is 0. The minimum atomic E-state index is 0.0744. The van der Waals surface area contributed by atoms with E-state index in [4.69, 9.17) is 0 Å². The Bertz CT molecular complexity index is 3470. The fraction of sp³-hybridized carbons (Fsp3) is 0.0323. The summed E-state index contributed by atoms with van der Waals surface area (Å²) in [5, 5.41) is 2.55. The summed E-state index contributed by atoms with van der Waals surface area (Å²) in [4.78, 5) is 0. The van der Waals surface area contributed by atoms with Crippen LogP contribution in [0.25, 0.3) is 83.1 Å². The summed E-state index contributed by atoms with van der Waals surface area (Å²) in [6, 6.07) is 88.1. The van der Waals surface area contributed by atoms with Crippen LogP contribution in [0.2, 0.25) is 0 Å². The molecule has 0 amide bonds. The van der Waals surface area contributed by atoms with E-state index in [1.54, 1.807) is 0 Å². The molecule has 0 N–H and O–H groups in total. The first-order valence-electron chi connectivity index (χ1n) is 22.1. The number of hydrogen-bond acceptors (Lipinski definition) is 0. The Morgan fingerprint density at radius 2 is 0.714 bits per heavy atom. The maximum Gasteiger partial charge on any atom is 0.0541 e. The first kappa shape index (κ1) is 35.7. The van der Waals surface area contributed by atoms with Gasteiger partial charge >= 0.3 is 0 Å². The molecule has 0 spiro atoms. The molecule has 294 valence electrons. The molecular weight excluding hydrogens is 759 g/mol. The average molecular weight is 800 g/mol. The second kappa shape index (κ2) is 14.3. The van der Waals surface area contributed by atoms with Gasteiger partial charge in [-0.05, 0) is 125 Å². The van der Waals surface area contributed by atoms with Crippen LogP contribution in [0.15, 0.2) is 237 Å².